The van der Waals surface area contributed by atoms with Crippen LogP contribution in [0.1, 0.15) is 32.1 Å². The first-order chi connectivity index (χ1) is 8.57. The standard InChI is InChI=1S/C12H14N2O4/c1-17-11(16)12(7-13,8-14)6-10(15)18-9-4-2-3-5-9/h9H,2-6H2,1H3. The van der Waals surface area contributed by atoms with E-state index in [-0.39, 0.29) is 6.10 Å². The molecule has 0 aliphatic heterocycles. The molecule has 0 radical (unpaired) electrons. The molecular weight excluding hydrogens is 236 g/mol. The van der Waals surface area contributed by atoms with E-state index in [4.69, 9.17) is 15.3 Å². The van der Waals surface area contributed by atoms with Crippen LogP contribution in [0.4, 0.5) is 0 Å². The molecule has 0 atom stereocenters. The molecule has 1 rings (SSSR count). The van der Waals surface area contributed by atoms with E-state index in [9.17, 15) is 9.59 Å². The predicted molar refractivity (Wildman–Crippen MR) is 58.6 cm³/mol. The van der Waals surface area contributed by atoms with Gasteiger partial charge >= 0.3 is 11.9 Å². The molecule has 0 saturated heterocycles. The first kappa shape index (κ1) is 14.0. The zero-order chi connectivity index (χ0) is 13.6. The molecule has 18 heavy (non-hydrogen) atoms. The first-order valence-corrected chi connectivity index (χ1v) is 5.68. The summed E-state index contributed by atoms with van der Waals surface area (Å²) in [6.07, 6.45) is 2.81. The summed E-state index contributed by atoms with van der Waals surface area (Å²) in [6.45, 7) is 0. The number of methoxy groups -OCH3 is 1. The van der Waals surface area contributed by atoms with E-state index in [1.54, 1.807) is 0 Å². The highest BCUT2D eigenvalue weighted by molar-refractivity contribution is 5.88. The largest absolute Gasteiger partial charge is 0.467 e. The summed E-state index contributed by atoms with van der Waals surface area (Å²) in [5.41, 5.74) is -2.11. The van der Waals surface area contributed by atoms with E-state index in [1.165, 1.54) is 12.1 Å². The molecule has 1 aliphatic carbocycles. The van der Waals surface area contributed by atoms with E-state index >= 15 is 0 Å². The van der Waals surface area contributed by atoms with E-state index in [0.717, 1.165) is 32.8 Å². The second-order valence-corrected chi connectivity index (χ2v) is 4.19. The summed E-state index contributed by atoms with van der Waals surface area (Å²) in [5, 5.41) is 17.8. The number of nitrogens with zero attached hydrogens (tertiary/aromatic N) is 2. The summed E-state index contributed by atoms with van der Waals surface area (Å²) in [6, 6.07) is 3.07. The van der Waals surface area contributed by atoms with Crippen LogP contribution < -0.4 is 0 Å². The van der Waals surface area contributed by atoms with Crippen LogP contribution in [0, 0.1) is 28.1 Å². The summed E-state index contributed by atoms with van der Waals surface area (Å²) >= 11 is 0. The van der Waals surface area contributed by atoms with Crippen molar-refractivity contribution < 1.29 is 19.1 Å². The minimum absolute atomic E-state index is 0.162. The zero-order valence-electron chi connectivity index (χ0n) is 10.1. The van der Waals surface area contributed by atoms with Crippen LogP contribution >= 0.6 is 0 Å². The van der Waals surface area contributed by atoms with Crippen LogP contribution in [-0.2, 0) is 19.1 Å². The van der Waals surface area contributed by atoms with Gasteiger partial charge in [-0.25, -0.2) is 4.79 Å². The lowest BCUT2D eigenvalue weighted by Gasteiger charge is -2.17. The lowest BCUT2D eigenvalue weighted by atomic mass is 9.88. The SMILES string of the molecule is COC(=O)C(C#N)(C#N)CC(=O)OC1CCCC1. The average molecular weight is 250 g/mol. The van der Waals surface area contributed by atoms with Crippen molar-refractivity contribution in [2.75, 3.05) is 7.11 Å². The number of hydrogen-bond acceptors (Lipinski definition) is 6. The second-order valence-electron chi connectivity index (χ2n) is 4.19. The van der Waals surface area contributed by atoms with Gasteiger partial charge in [-0.05, 0) is 25.7 Å². The maximum Gasteiger partial charge on any atom is 0.341 e. The van der Waals surface area contributed by atoms with Crippen molar-refractivity contribution in [3.05, 3.63) is 0 Å². The van der Waals surface area contributed by atoms with Crippen LogP contribution in [0.2, 0.25) is 0 Å². The van der Waals surface area contributed by atoms with Gasteiger partial charge in [-0.15, -0.1) is 0 Å². The number of ether oxygens (including phenoxy) is 2. The lowest BCUT2D eigenvalue weighted by molar-refractivity contribution is -0.157. The second kappa shape index (κ2) is 6.02. The lowest BCUT2D eigenvalue weighted by Crippen LogP contribution is -2.33. The Morgan fingerprint density at radius 1 is 1.28 bits per heavy atom. The number of rotatable bonds is 4. The van der Waals surface area contributed by atoms with Gasteiger partial charge in [0.1, 0.15) is 6.10 Å². The van der Waals surface area contributed by atoms with Crippen molar-refractivity contribution in [2.24, 2.45) is 5.41 Å². The van der Waals surface area contributed by atoms with Gasteiger partial charge in [-0.3, -0.25) is 4.79 Å². The van der Waals surface area contributed by atoms with Gasteiger partial charge in [0, 0.05) is 0 Å². The fraction of sp³-hybridized carbons (Fsp3) is 0.667. The highest BCUT2D eigenvalue weighted by Gasteiger charge is 2.44. The molecule has 0 amide bonds. The molecule has 0 N–H and O–H groups in total. The normalized spacial score (nSPS) is 15.5. The third-order valence-electron chi connectivity index (χ3n) is 2.93. The van der Waals surface area contributed by atoms with Crippen LogP contribution in [0.5, 0.6) is 0 Å². The quantitative estimate of drug-likeness (QED) is 0.692. The Kier molecular flexibility index (Phi) is 4.67. The molecule has 1 saturated carbocycles. The topological polar surface area (TPSA) is 100 Å². The summed E-state index contributed by atoms with van der Waals surface area (Å²) in [5.74, 6) is -1.74. The fourth-order valence-electron chi connectivity index (χ4n) is 1.89. The number of carbonyl (C=O) groups excluding carboxylic acids is 2. The first-order valence-electron chi connectivity index (χ1n) is 5.68. The van der Waals surface area contributed by atoms with Crippen molar-refractivity contribution in [3.8, 4) is 12.1 Å². The zero-order valence-corrected chi connectivity index (χ0v) is 10.1. The molecule has 0 spiro atoms. The Hall–Kier alpha value is -2.08. The van der Waals surface area contributed by atoms with Crippen LogP contribution in [-0.4, -0.2) is 25.2 Å². The van der Waals surface area contributed by atoms with Crippen molar-refractivity contribution in [2.45, 2.75) is 38.2 Å². The molecule has 0 aromatic carbocycles. The van der Waals surface area contributed by atoms with Gasteiger partial charge in [0.25, 0.3) is 0 Å². The maximum atomic E-state index is 11.6. The van der Waals surface area contributed by atoms with E-state index in [2.05, 4.69) is 4.74 Å². The van der Waals surface area contributed by atoms with E-state index in [0.29, 0.717) is 0 Å². The summed E-state index contributed by atoms with van der Waals surface area (Å²) in [4.78, 5) is 23.0. The molecule has 0 aromatic rings. The Morgan fingerprint density at radius 2 is 1.83 bits per heavy atom. The Bertz CT molecular complexity index is 399. The number of esters is 2. The molecule has 0 heterocycles. The number of nitriles is 2. The minimum Gasteiger partial charge on any atom is -0.467 e. The minimum atomic E-state index is -2.11. The van der Waals surface area contributed by atoms with Crippen molar-refractivity contribution in [1.29, 1.82) is 10.5 Å². The number of carbonyl (C=O) groups is 2. The molecule has 6 heteroatoms. The third kappa shape index (κ3) is 2.98. The highest BCUT2D eigenvalue weighted by atomic mass is 16.5. The van der Waals surface area contributed by atoms with Gasteiger partial charge in [0.2, 0.25) is 5.41 Å². The molecule has 0 aromatic heterocycles. The van der Waals surface area contributed by atoms with Crippen molar-refractivity contribution in [1.82, 2.24) is 0 Å². The Balaban J connectivity index is 2.67. The highest BCUT2D eigenvalue weighted by Crippen LogP contribution is 2.26. The van der Waals surface area contributed by atoms with Crippen LogP contribution in [0.3, 0.4) is 0 Å². The third-order valence-corrected chi connectivity index (χ3v) is 2.93. The molecule has 1 aliphatic rings. The van der Waals surface area contributed by atoms with Gasteiger partial charge in [-0.2, -0.15) is 10.5 Å². The van der Waals surface area contributed by atoms with Crippen molar-refractivity contribution >= 4 is 11.9 Å². The molecule has 0 unspecified atom stereocenters. The number of hydrogen-bond donors (Lipinski definition) is 0. The Morgan fingerprint density at radius 3 is 2.28 bits per heavy atom. The summed E-state index contributed by atoms with van der Waals surface area (Å²) in [7, 11) is 1.06. The molecule has 6 nitrogen and oxygen atoms in total. The van der Waals surface area contributed by atoms with Gasteiger partial charge in [0.15, 0.2) is 0 Å². The molecule has 96 valence electrons. The molecule has 1 fully saturated rings. The van der Waals surface area contributed by atoms with Gasteiger partial charge in [0.05, 0.1) is 25.7 Å². The molecule has 0 bridgehead atoms. The molecular formula is C12H14N2O4. The van der Waals surface area contributed by atoms with Crippen LogP contribution in [0.15, 0.2) is 0 Å². The predicted octanol–water partition coefficient (Wildman–Crippen LogP) is 1.07. The Labute approximate surface area is 105 Å². The maximum absolute atomic E-state index is 11.6. The van der Waals surface area contributed by atoms with Gasteiger partial charge in [-0.1, -0.05) is 0 Å². The van der Waals surface area contributed by atoms with Gasteiger partial charge < -0.3 is 9.47 Å². The van der Waals surface area contributed by atoms with E-state index < -0.39 is 23.8 Å². The van der Waals surface area contributed by atoms with E-state index in [1.807, 2.05) is 0 Å². The van der Waals surface area contributed by atoms with Crippen molar-refractivity contribution in [3.63, 3.8) is 0 Å². The smallest absolute Gasteiger partial charge is 0.341 e. The fourth-order valence-corrected chi connectivity index (χ4v) is 1.89. The monoisotopic (exact) mass is 250 g/mol. The average Bonchev–Trinajstić information content (AvgIpc) is 2.87. The van der Waals surface area contributed by atoms with Crippen LogP contribution in [0.25, 0.3) is 0 Å². The summed E-state index contributed by atoms with van der Waals surface area (Å²) < 4.78 is 9.49.